The lowest BCUT2D eigenvalue weighted by molar-refractivity contribution is 0.0658. The summed E-state index contributed by atoms with van der Waals surface area (Å²) < 4.78 is 10.6. The second-order valence-corrected chi connectivity index (χ2v) is 4.84. The molecular formula is C15H11ClO4. The Labute approximate surface area is 119 Å². The van der Waals surface area contributed by atoms with Crippen molar-refractivity contribution in [1.29, 1.82) is 0 Å². The lowest BCUT2D eigenvalue weighted by atomic mass is 10.1. The van der Waals surface area contributed by atoms with Crippen LogP contribution in [0.5, 0.6) is 0 Å². The highest BCUT2D eigenvalue weighted by molar-refractivity contribution is 6.37. The first-order valence-electron chi connectivity index (χ1n) is 5.98. The van der Waals surface area contributed by atoms with Crippen LogP contribution in [0.1, 0.15) is 16.1 Å². The number of carbonyl (C=O) groups is 1. The van der Waals surface area contributed by atoms with Gasteiger partial charge < -0.3 is 14.3 Å². The molecular weight excluding hydrogens is 280 g/mol. The zero-order chi connectivity index (χ0) is 14.3. The standard InChI is InChI=1S/C15H11ClO4/c1-19-7-11-10-6-12(16)8-4-2-3-5-9(8)13(10)20-14(11)15(17)18/h2-6H,7H2,1H3,(H,17,18). The van der Waals surface area contributed by atoms with E-state index in [1.807, 2.05) is 24.3 Å². The number of hydrogen-bond acceptors (Lipinski definition) is 3. The second-order valence-electron chi connectivity index (χ2n) is 4.43. The monoisotopic (exact) mass is 290 g/mol. The summed E-state index contributed by atoms with van der Waals surface area (Å²) in [4.78, 5) is 11.3. The van der Waals surface area contributed by atoms with Gasteiger partial charge >= 0.3 is 5.97 Å². The van der Waals surface area contributed by atoms with Gasteiger partial charge in [-0.05, 0) is 6.07 Å². The lowest BCUT2D eigenvalue weighted by Gasteiger charge is -2.02. The summed E-state index contributed by atoms with van der Waals surface area (Å²) >= 11 is 6.27. The second kappa shape index (κ2) is 4.81. The molecule has 0 fully saturated rings. The van der Waals surface area contributed by atoms with E-state index in [9.17, 15) is 9.90 Å². The third-order valence-electron chi connectivity index (χ3n) is 3.23. The van der Waals surface area contributed by atoms with Crippen molar-refractivity contribution in [2.75, 3.05) is 7.11 Å². The molecule has 0 spiro atoms. The lowest BCUT2D eigenvalue weighted by Crippen LogP contribution is -1.99. The minimum Gasteiger partial charge on any atom is -0.475 e. The molecule has 0 bridgehead atoms. The number of ether oxygens (including phenoxy) is 1. The summed E-state index contributed by atoms with van der Waals surface area (Å²) in [5.41, 5.74) is 1.03. The first-order valence-corrected chi connectivity index (χ1v) is 6.36. The maximum atomic E-state index is 11.3. The molecule has 0 saturated carbocycles. The molecule has 0 saturated heterocycles. The molecule has 4 nitrogen and oxygen atoms in total. The third kappa shape index (κ3) is 1.85. The molecule has 0 aliphatic heterocycles. The van der Waals surface area contributed by atoms with Crippen molar-refractivity contribution in [2.45, 2.75) is 6.61 Å². The van der Waals surface area contributed by atoms with Gasteiger partial charge in [-0.15, -0.1) is 0 Å². The maximum Gasteiger partial charge on any atom is 0.372 e. The van der Waals surface area contributed by atoms with Gasteiger partial charge in [-0.1, -0.05) is 35.9 Å². The molecule has 0 aliphatic carbocycles. The van der Waals surface area contributed by atoms with Crippen molar-refractivity contribution < 1.29 is 19.1 Å². The third-order valence-corrected chi connectivity index (χ3v) is 3.54. The Kier molecular flexibility index (Phi) is 3.12. The molecule has 20 heavy (non-hydrogen) atoms. The fourth-order valence-electron chi connectivity index (χ4n) is 2.38. The van der Waals surface area contributed by atoms with E-state index in [2.05, 4.69) is 0 Å². The highest BCUT2D eigenvalue weighted by Gasteiger charge is 2.22. The minimum absolute atomic E-state index is 0.103. The molecule has 2 aromatic carbocycles. The molecule has 0 amide bonds. The molecule has 0 aliphatic rings. The quantitative estimate of drug-likeness (QED) is 0.789. The van der Waals surface area contributed by atoms with E-state index in [-0.39, 0.29) is 12.4 Å². The first-order chi connectivity index (χ1) is 9.63. The molecule has 0 atom stereocenters. The molecule has 3 aromatic rings. The van der Waals surface area contributed by atoms with Crippen LogP contribution in [0, 0.1) is 0 Å². The van der Waals surface area contributed by atoms with E-state index in [0.717, 1.165) is 10.8 Å². The van der Waals surface area contributed by atoms with E-state index >= 15 is 0 Å². The fraction of sp³-hybridized carbons (Fsp3) is 0.133. The van der Waals surface area contributed by atoms with Gasteiger partial charge in [-0.2, -0.15) is 0 Å². The number of aromatic carboxylic acids is 1. The summed E-state index contributed by atoms with van der Waals surface area (Å²) in [6, 6.07) is 9.18. The molecule has 5 heteroatoms. The summed E-state index contributed by atoms with van der Waals surface area (Å²) in [6.07, 6.45) is 0. The normalized spacial score (nSPS) is 11.3. The van der Waals surface area contributed by atoms with Crippen molar-refractivity contribution in [1.82, 2.24) is 0 Å². The number of fused-ring (bicyclic) bond motifs is 3. The number of hydrogen-bond donors (Lipinski definition) is 1. The van der Waals surface area contributed by atoms with Crippen LogP contribution in [0.2, 0.25) is 5.02 Å². The van der Waals surface area contributed by atoms with Gasteiger partial charge in [0.05, 0.1) is 6.61 Å². The predicted molar refractivity (Wildman–Crippen MR) is 76.4 cm³/mol. The fourth-order valence-corrected chi connectivity index (χ4v) is 2.66. The van der Waals surface area contributed by atoms with Gasteiger partial charge in [0.25, 0.3) is 0 Å². The van der Waals surface area contributed by atoms with Crippen molar-refractivity contribution in [3.05, 3.63) is 46.7 Å². The summed E-state index contributed by atoms with van der Waals surface area (Å²) in [7, 11) is 1.51. The molecule has 0 radical (unpaired) electrons. The number of methoxy groups -OCH3 is 1. The number of rotatable bonds is 3. The Bertz CT molecular complexity index is 819. The van der Waals surface area contributed by atoms with Crippen molar-refractivity contribution in [3.63, 3.8) is 0 Å². The number of carboxylic acid groups (broad SMARTS) is 1. The van der Waals surface area contributed by atoms with Crippen LogP contribution in [-0.4, -0.2) is 18.2 Å². The highest BCUT2D eigenvalue weighted by atomic mass is 35.5. The minimum atomic E-state index is -1.12. The van der Waals surface area contributed by atoms with Crippen LogP contribution in [0.25, 0.3) is 21.7 Å². The first kappa shape index (κ1) is 13.0. The molecule has 1 heterocycles. The predicted octanol–water partition coefficient (Wildman–Crippen LogP) is 4.08. The maximum absolute atomic E-state index is 11.3. The van der Waals surface area contributed by atoms with E-state index in [0.29, 0.717) is 21.6 Å². The Morgan fingerprint density at radius 3 is 2.65 bits per heavy atom. The Balaban J connectivity index is 2.47. The summed E-state index contributed by atoms with van der Waals surface area (Å²) in [6.45, 7) is 0.156. The van der Waals surface area contributed by atoms with E-state index in [4.69, 9.17) is 20.8 Å². The van der Waals surface area contributed by atoms with E-state index in [1.54, 1.807) is 6.07 Å². The summed E-state index contributed by atoms with van der Waals surface area (Å²) in [5.74, 6) is -1.22. The van der Waals surface area contributed by atoms with Crippen molar-refractivity contribution >= 4 is 39.3 Å². The van der Waals surface area contributed by atoms with Gasteiger partial charge in [0.2, 0.25) is 5.76 Å². The van der Waals surface area contributed by atoms with E-state index in [1.165, 1.54) is 7.11 Å². The zero-order valence-electron chi connectivity index (χ0n) is 10.6. The van der Waals surface area contributed by atoms with Crippen LogP contribution in [0.3, 0.4) is 0 Å². The number of carboxylic acids is 1. The average Bonchev–Trinajstić information content (AvgIpc) is 2.79. The molecule has 102 valence electrons. The van der Waals surface area contributed by atoms with Gasteiger partial charge in [-0.3, -0.25) is 0 Å². The molecule has 1 N–H and O–H groups in total. The number of halogens is 1. The van der Waals surface area contributed by atoms with Gasteiger partial charge in [-0.25, -0.2) is 4.79 Å². The van der Waals surface area contributed by atoms with Gasteiger partial charge in [0, 0.05) is 33.9 Å². The van der Waals surface area contributed by atoms with Crippen molar-refractivity contribution in [3.8, 4) is 0 Å². The average molecular weight is 291 g/mol. The van der Waals surface area contributed by atoms with Crippen LogP contribution in [-0.2, 0) is 11.3 Å². The Hall–Kier alpha value is -2.04. The molecule has 0 unspecified atom stereocenters. The van der Waals surface area contributed by atoms with Crippen LogP contribution in [0.4, 0.5) is 0 Å². The van der Waals surface area contributed by atoms with Crippen LogP contribution in [0.15, 0.2) is 34.7 Å². The number of furan rings is 1. The Morgan fingerprint density at radius 2 is 2.00 bits per heavy atom. The van der Waals surface area contributed by atoms with E-state index < -0.39 is 5.97 Å². The molecule has 3 rings (SSSR count). The van der Waals surface area contributed by atoms with Crippen LogP contribution < -0.4 is 0 Å². The smallest absolute Gasteiger partial charge is 0.372 e. The van der Waals surface area contributed by atoms with Crippen molar-refractivity contribution in [2.24, 2.45) is 0 Å². The number of benzene rings is 2. The zero-order valence-corrected chi connectivity index (χ0v) is 11.4. The largest absolute Gasteiger partial charge is 0.475 e. The van der Waals surface area contributed by atoms with Crippen LogP contribution >= 0.6 is 11.6 Å². The SMILES string of the molecule is COCc1c(C(=O)O)oc2c1cc(Cl)c1ccccc12. The van der Waals surface area contributed by atoms with Gasteiger partial charge in [0.15, 0.2) is 0 Å². The highest BCUT2D eigenvalue weighted by Crippen LogP contribution is 2.36. The Morgan fingerprint density at radius 1 is 1.30 bits per heavy atom. The summed E-state index contributed by atoms with van der Waals surface area (Å²) in [5, 5.41) is 12.1. The molecule has 1 aromatic heterocycles. The van der Waals surface area contributed by atoms with Gasteiger partial charge in [0.1, 0.15) is 5.58 Å². The topological polar surface area (TPSA) is 59.7 Å².